The summed E-state index contributed by atoms with van der Waals surface area (Å²) in [4.78, 5) is 4.32. The van der Waals surface area contributed by atoms with Crippen molar-refractivity contribution in [1.29, 1.82) is 0 Å². The Bertz CT molecular complexity index is 725. The van der Waals surface area contributed by atoms with Crippen LogP contribution in [0.2, 0.25) is 0 Å². The Labute approximate surface area is 124 Å². The molecule has 2 heterocycles. The molecule has 0 aliphatic heterocycles. The Morgan fingerprint density at radius 3 is 2.86 bits per heavy atom. The number of hydrogen-bond donors (Lipinski definition) is 1. The van der Waals surface area contributed by atoms with Crippen LogP contribution in [0.1, 0.15) is 24.7 Å². The van der Waals surface area contributed by atoms with Crippen molar-refractivity contribution in [2.45, 2.75) is 26.4 Å². The molecular weight excluding hydrogens is 262 g/mol. The van der Waals surface area contributed by atoms with Crippen LogP contribution >= 0.6 is 0 Å². The monoisotopic (exact) mass is 283 g/mol. The molecule has 110 valence electrons. The predicted octanol–water partition coefficient (Wildman–Crippen LogP) is 2.32. The molecule has 0 aliphatic carbocycles. The normalized spacial score (nSPS) is 11.3. The molecule has 0 unspecified atom stereocenters. The van der Waals surface area contributed by atoms with Crippen LogP contribution < -0.4 is 5.32 Å². The summed E-state index contributed by atoms with van der Waals surface area (Å²) in [7, 11) is 1.93. The second-order valence-electron chi connectivity index (χ2n) is 5.28. The van der Waals surface area contributed by atoms with Crippen molar-refractivity contribution in [2.24, 2.45) is 7.05 Å². The summed E-state index contributed by atoms with van der Waals surface area (Å²) in [6.07, 6.45) is 4.98. The van der Waals surface area contributed by atoms with Crippen LogP contribution in [0.25, 0.3) is 10.9 Å². The third-order valence-electron chi connectivity index (χ3n) is 3.73. The van der Waals surface area contributed by atoms with Gasteiger partial charge in [-0.25, -0.2) is 4.98 Å². The average Bonchev–Trinajstić information content (AvgIpc) is 3.05. The summed E-state index contributed by atoms with van der Waals surface area (Å²) in [6.45, 7) is 4.87. The summed E-state index contributed by atoms with van der Waals surface area (Å²) >= 11 is 0. The van der Waals surface area contributed by atoms with Gasteiger partial charge in [-0.05, 0) is 24.6 Å². The molecule has 3 aromatic rings. The standard InChI is InChI=1S/C16H21N5/c1-3-8-17-9-13-10-21(11-16-18-12-19-20(16)2)15-7-5-4-6-14(13)15/h4-7,10,12,17H,3,8-9,11H2,1-2H3. The molecule has 0 spiro atoms. The highest BCUT2D eigenvalue weighted by Gasteiger charge is 2.10. The number of aryl methyl sites for hydroxylation is 1. The lowest BCUT2D eigenvalue weighted by Crippen LogP contribution is -2.13. The van der Waals surface area contributed by atoms with Gasteiger partial charge in [-0.15, -0.1) is 0 Å². The number of para-hydroxylation sites is 1. The van der Waals surface area contributed by atoms with E-state index >= 15 is 0 Å². The summed E-state index contributed by atoms with van der Waals surface area (Å²) < 4.78 is 4.08. The SMILES string of the molecule is CCCNCc1cn(Cc2ncnn2C)c2ccccc12. The van der Waals surface area contributed by atoms with Gasteiger partial charge in [-0.1, -0.05) is 25.1 Å². The fourth-order valence-corrected chi connectivity index (χ4v) is 2.61. The van der Waals surface area contributed by atoms with Crippen LogP contribution in [0.4, 0.5) is 0 Å². The molecule has 0 saturated carbocycles. The van der Waals surface area contributed by atoms with Crippen LogP contribution in [0, 0.1) is 0 Å². The number of aromatic nitrogens is 4. The summed E-state index contributed by atoms with van der Waals surface area (Å²) in [6, 6.07) is 8.53. The van der Waals surface area contributed by atoms with Crippen LogP contribution in [0.3, 0.4) is 0 Å². The maximum absolute atomic E-state index is 4.32. The highest BCUT2D eigenvalue weighted by molar-refractivity contribution is 5.84. The summed E-state index contributed by atoms with van der Waals surface area (Å²) in [5, 5.41) is 8.93. The van der Waals surface area contributed by atoms with Crippen molar-refractivity contribution in [1.82, 2.24) is 24.6 Å². The minimum Gasteiger partial charge on any atom is -0.340 e. The molecule has 2 aromatic heterocycles. The molecule has 0 radical (unpaired) electrons. The average molecular weight is 283 g/mol. The fourth-order valence-electron chi connectivity index (χ4n) is 2.61. The molecular formula is C16H21N5. The Hall–Kier alpha value is -2.14. The Morgan fingerprint density at radius 2 is 2.10 bits per heavy atom. The lowest BCUT2D eigenvalue weighted by atomic mass is 10.2. The van der Waals surface area contributed by atoms with Gasteiger partial charge in [0.15, 0.2) is 0 Å². The van der Waals surface area contributed by atoms with E-state index in [1.54, 1.807) is 6.33 Å². The van der Waals surface area contributed by atoms with Gasteiger partial charge in [-0.3, -0.25) is 4.68 Å². The van der Waals surface area contributed by atoms with E-state index in [-0.39, 0.29) is 0 Å². The van der Waals surface area contributed by atoms with Crippen LogP contribution in [-0.2, 0) is 20.1 Å². The van der Waals surface area contributed by atoms with Crippen molar-refractivity contribution in [3.8, 4) is 0 Å². The quantitative estimate of drug-likeness (QED) is 0.706. The van der Waals surface area contributed by atoms with Gasteiger partial charge in [0.1, 0.15) is 12.2 Å². The molecule has 0 aliphatic rings. The number of rotatable bonds is 6. The van der Waals surface area contributed by atoms with E-state index in [0.29, 0.717) is 0 Å². The first-order valence-electron chi connectivity index (χ1n) is 7.40. The van der Waals surface area contributed by atoms with Gasteiger partial charge >= 0.3 is 0 Å². The van der Waals surface area contributed by atoms with Gasteiger partial charge in [0.25, 0.3) is 0 Å². The van der Waals surface area contributed by atoms with E-state index in [4.69, 9.17) is 0 Å². The largest absolute Gasteiger partial charge is 0.340 e. The molecule has 3 rings (SSSR count). The topological polar surface area (TPSA) is 47.7 Å². The van der Waals surface area contributed by atoms with Gasteiger partial charge < -0.3 is 9.88 Å². The Balaban J connectivity index is 1.93. The van der Waals surface area contributed by atoms with Crippen LogP contribution in [0.5, 0.6) is 0 Å². The molecule has 5 heteroatoms. The Morgan fingerprint density at radius 1 is 1.24 bits per heavy atom. The lowest BCUT2D eigenvalue weighted by molar-refractivity contribution is 0.656. The smallest absolute Gasteiger partial charge is 0.146 e. The molecule has 0 bridgehead atoms. The molecule has 0 fully saturated rings. The number of fused-ring (bicyclic) bond motifs is 1. The van der Waals surface area contributed by atoms with Gasteiger partial charge in [-0.2, -0.15) is 5.10 Å². The van der Waals surface area contributed by atoms with E-state index in [2.05, 4.69) is 57.4 Å². The van der Waals surface area contributed by atoms with Crippen LogP contribution in [0.15, 0.2) is 36.8 Å². The number of nitrogens with zero attached hydrogens (tertiary/aromatic N) is 4. The zero-order chi connectivity index (χ0) is 14.7. The van der Waals surface area contributed by atoms with Crippen LogP contribution in [-0.4, -0.2) is 25.9 Å². The molecule has 0 amide bonds. The Kier molecular flexibility index (Phi) is 4.01. The van der Waals surface area contributed by atoms with Gasteiger partial charge in [0, 0.05) is 30.7 Å². The van der Waals surface area contributed by atoms with Crippen molar-refractivity contribution in [2.75, 3.05) is 6.54 Å². The van der Waals surface area contributed by atoms with E-state index in [1.165, 1.54) is 16.5 Å². The zero-order valence-corrected chi connectivity index (χ0v) is 12.6. The minimum absolute atomic E-state index is 0.741. The summed E-state index contributed by atoms with van der Waals surface area (Å²) in [5.41, 5.74) is 2.58. The van der Waals surface area contributed by atoms with E-state index in [9.17, 15) is 0 Å². The van der Waals surface area contributed by atoms with E-state index < -0.39 is 0 Å². The number of benzene rings is 1. The molecule has 5 nitrogen and oxygen atoms in total. The second kappa shape index (κ2) is 6.10. The van der Waals surface area contributed by atoms with Crippen molar-refractivity contribution < 1.29 is 0 Å². The number of nitrogens with one attached hydrogen (secondary N) is 1. The van der Waals surface area contributed by atoms with Crippen molar-refractivity contribution >= 4 is 10.9 Å². The first-order valence-corrected chi connectivity index (χ1v) is 7.40. The minimum atomic E-state index is 0.741. The maximum atomic E-state index is 4.32. The predicted molar refractivity (Wildman–Crippen MR) is 84.0 cm³/mol. The third-order valence-corrected chi connectivity index (χ3v) is 3.73. The fraction of sp³-hybridized carbons (Fsp3) is 0.375. The van der Waals surface area contributed by atoms with Gasteiger partial charge in [0.2, 0.25) is 0 Å². The van der Waals surface area contributed by atoms with Gasteiger partial charge in [0.05, 0.1) is 6.54 Å². The first-order chi connectivity index (χ1) is 10.3. The number of hydrogen-bond acceptors (Lipinski definition) is 3. The van der Waals surface area contributed by atoms with Crippen molar-refractivity contribution in [3.05, 3.63) is 48.2 Å². The second-order valence-corrected chi connectivity index (χ2v) is 5.28. The summed E-state index contributed by atoms with van der Waals surface area (Å²) in [5.74, 6) is 0.962. The molecule has 1 aromatic carbocycles. The molecule has 0 saturated heterocycles. The zero-order valence-electron chi connectivity index (χ0n) is 12.6. The molecule has 1 N–H and O–H groups in total. The molecule has 21 heavy (non-hydrogen) atoms. The lowest BCUT2D eigenvalue weighted by Gasteiger charge is -2.04. The maximum Gasteiger partial charge on any atom is 0.146 e. The van der Waals surface area contributed by atoms with E-state index in [0.717, 1.165) is 31.9 Å². The first kappa shape index (κ1) is 13.8. The molecule has 0 atom stereocenters. The van der Waals surface area contributed by atoms with Crippen molar-refractivity contribution in [3.63, 3.8) is 0 Å². The highest BCUT2D eigenvalue weighted by Crippen LogP contribution is 2.22. The van der Waals surface area contributed by atoms with E-state index in [1.807, 2.05) is 11.7 Å². The third kappa shape index (κ3) is 2.83. The highest BCUT2D eigenvalue weighted by atomic mass is 15.3.